The molecular weight excluding hydrogens is 286 g/mol. The van der Waals surface area contributed by atoms with Crippen molar-refractivity contribution in [1.82, 2.24) is 15.8 Å². The fraction of sp³-hybridized carbons (Fsp3) is 0.133. The van der Waals surface area contributed by atoms with Gasteiger partial charge in [-0.15, -0.1) is 11.8 Å². The third-order valence-corrected chi connectivity index (χ3v) is 3.63. The number of amides is 2. The Morgan fingerprint density at radius 3 is 2.57 bits per heavy atom. The van der Waals surface area contributed by atoms with Gasteiger partial charge in [-0.1, -0.05) is 6.07 Å². The normalized spacial score (nSPS) is 10.0. The Labute approximate surface area is 127 Å². The molecule has 1 aromatic heterocycles. The maximum absolute atomic E-state index is 12.1. The van der Waals surface area contributed by atoms with Gasteiger partial charge in [0.05, 0.1) is 5.56 Å². The van der Waals surface area contributed by atoms with E-state index in [0.29, 0.717) is 11.1 Å². The molecule has 0 saturated heterocycles. The van der Waals surface area contributed by atoms with E-state index in [9.17, 15) is 9.59 Å². The number of hydrogen-bond acceptors (Lipinski definition) is 4. The summed E-state index contributed by atoms with van der Waals surface area (Å²) in [5.74, 6) is -0.754. The molecule has 5 nitrogen and oxygen atoms in total. The van der Waals surface area contributed by atoms with Gasteiger partial charge in [0.2, 0.25) is 0 Å². The van der Waals surface area contributed by atoms with Crippen LogP contribution in [0.3, 0.4) is 0 Å². The van der Waals surface area contributed by atoms with E-state index in [2.05, 4.69) is 15.8 Å². The second kappa shape index (κ2) is 6.90. The summed E-state index contributed by atoms with van der Waals surface area (Å²) in [4.78, 5) is 28.8. The largest absolute Gasteiger partial charge is 0.271 e. The lowest BCUT2D eigenvalue weighted by Gasteiger charge is -2.10. The third-order valence-electron chi connectivity index (χ3n) is 2.90. The molecule has 0 saturated carbocycles. The van der Waals surface area contributed by atoms with E-state index in [1.54, 1.807) is 36.2 Å². The Hall–Kier alpha value is -2.34. The van der Waals surface area contributed by atoms with Gasteiger partial charge in [-0.2, -0.15) is 0 Å². The maximum atomic E-state index is 12.1. The van der Waals surface area contributed by atoms with Gasteiger partial charge in [0.25, 0.3) is 11.8 Å². The molecule has 0 bridgehead atoms. The van der Waals surface area contributed by atoms with E-state index in [4.69, 9.17) is 0 Å². The van der Waals surface area contributed by atoms with Gasteiger partial charge in [0, 0.05) is 22.9 Å². The quantitative estimate of drug-likeness (QED) is 0.673. The number of hydrogen-bond donors (Lipinski definition) is 2. The number of rotatable bonds is 3. The molecule has 0 aliphatic rings. The molecule has 2 aromatic rings. The van der Waals surface area contributed by atoms with E-state index < -0.39 is 5.91 Å². The van der Waals surface area contributed by atoms with Crippen molar-refractivity contribution < 1.29 is 9.59 Å². The summed E-state index contributed by atoms with van der Waals surface area (Å²) in [6, 6.07) is 8.90. The Bertz CT molecular complexity index is 659. The van der Waals surface area contributed by atoms with Crippen molar-refractivity contribution in [2.75, 3.05) is 6.26 Å². The molecule has 0 radical (unpaired) electrons. The van der Waals surface area contributed by atoms with Crippen LogP contribution in [0.25, 0.3) is 0 Å². The van der Waals surface area contributed by atoms with Crippen molar-refractivity contribution in [2.45, 2.75) is 11.8 Å². The van der Waals surface area contributed by atoms with Gasteiger partial charge in [0.1, 0.15) is 0 Å². The topological polar surface area (TPSA) is 71.1 Å². The van der Waals surface area contributed by atoms with E-state index in [-0.39, 0.29) is 5.91 Å². The molecule has 0 atom stereocenters. The van der Waals surface area contributed by atoms with Crippen LogP contribution in [0.4, 0.5) is 0 Å². The smallest absolute Gasteiger partial charge is 0.267 e. The van der Waals surface area contributed by atoms with Crippen LogP contribution in [0.1, 0.15) is 26.3 Å². The molecule has 0 aliphatic carbocycles. The van der Waals surface area contributed by atoms with Crippen LogP contribution in [0.2, 0.25) is 0 Å². The van der Waals surface area contributed by atoms with Crippen molar-refractivity contribution in [2.24, 2.45) is 0 Å². The molecule has 1 aromatic carbocycles. The molecule has 0 unspecified atom stereocenters. The summed E-state index contributed by atoms with van der Waals surface area (Å²) in [7, 11) is 0. The second-order valence-corrected chi connectivity index (χ2v) is 5.21. The zero-order valence-electron chi connectivity index (χ0n) is 11.7. The first-order valence-corrected chi connectivity index (χ1v) is 7.49. The molecule has 0 fully saturated rings. The molecule has 21 heavy (non-hydrogen) atoms. The van der Waals surface area contributed by atoms with Crippen LogP contribution in [0.5, 0.6) is 0 Å². The predicted octanol–water partition coefficient (Wildman–Crippen LogP) is 2.19. The van der Waals surface area contributed by atoms with Crippen molar-refractivity contribution in [1.29, 1.82) is 0 Å². The maximum Gasteiger partial charge on any atom is 0.271 e. The summed E-state index contributed by atoms with van der Waals surface area (Å²) in [5, 5.41) is 0. The van der Waals surface area contributed by atoms with Gasteiger partial charge in [-0.05, 0) is 43.0 Å². The lowest BCUT2D eigenvalue weighted by Crippen LogP contribution is -2.41. The molecular formula is C15H15N3O2S. The zero-order chi connectivity index (χ0) is 15.2. The highest BCUT2D eigenvalue weighted by atomic mass is 32.2. The van der Waals surface area contributed by atoms with Gasteiger partial charge >= 0.3 is 0 Å². The number of nitrogens with one attached hydrogen (secondary N) is 2. The lowest BCUT2D eigenvalue weighted by molar-refractivity contribution is 0.0846. The molecule has 2 rings (SSSR count). The number of pyridine rings is 1. The molecule has 108 valence electrons. The molecule has 1 heterocycles. The van der Waals surface area contributed by atoms with E-state index in [1.165, 1.54) is 6.20 Å². The van der Waals surface area contributed by atoms with E-state index in [0.717, 1.165) is 10.5 Å². The number of carbonyl (C=O) groups excluding carboxylic acids is 2. The average molecular weight is 301 g/mol. The molecule has 6 heteroatoms. The molecule has 0 aliphatic heterocycles. The standard InChI is InChI=1S/C15H15N3O2S/c1-10-5-6-12(21-2)8-13(10)15(20)18-17-14(19)11-4-3-7-16-9-11/h3-9H,1-2H3,(H,17,19)(H,18,20). The molecule has 2 N–H and O–H groups in total. The summed E-state index contributed by atoms with van der Waals surface area (Å²) < 4.78 is 0. The van der Waals surface area contributed by atoms with Crippen LogP contribution in [0.15, 0.2) is 47.6 Å². The van der Waals surface area contributed by atoms with Crippen molar-refractivity contribution in [3.63, 3.8) is 0 Å². The van der Waals surface area contributed by atoms with Gasteiger partial charge in [0.15, 0.2) is 0 Å². The summed E-state index contributed by atoms with van der Waals surface area (Å²) >= 11 is 1.55. The van der Waals surface area contributed by atoms with Crippen molar-refractivity contribution in [3.05, 3.63) is 59.4 Å². The summed E-state index contributed by atoms with van der Waals surface area (Å²) in [6.45, 7) is 1.85. The lowest BCUT2D eigenvalue weighted by atomic mass is 10.1. The van der Waals surface area contributed by atoms with Crippen LogP contribution in [0, 0.1) is 6.92 Å². The fourth-order valence-corrected chi connectivity index (χ4v) is 2.16. The van der Waals surface area contributed by atoms with Crippen LogP contribution in [-0.4, -0.2) is 23.1 Å². The minimum absolute atomic E-state index is 0.347. The SMILES string of the molecule is CSc1ccc(C)c(C(=O)NNC(=O)c2cccnc2)c1. The highest BCUT2D eigenvalue weighted by Gasteiger charge is 2.11. The molecule has 0 spiro atoms. The average Bonchev–Trinajstić information content (AvgIpc) is 2.53. The summed E-state index contributed by atoms with van der Waals surface area (Å²) in [6.07, 6.45) is 4.95. The van der Waals surface area contributed by atoms with Crippen LogP contribution >= 0.6 is 11.8 Å². The number of nitrogens with zero attached hydrogens (tertiary/aromatic N) is 1. The van der Waals surface area contributed by atoms with Crippen LogP contribution < -0.4 is 10.9 Å². The van der Waals surface area contributed by atoms with Crippen molar-refractivity contribution >= 4 is 23.6 Å². The Morgan fingerprint density at radius 2 is 1.90 bits per heavy atom. The van der Waals surface area contributed by atoms with Crippen LogP contribution in [-0.2, 0) is 0 Å². The van der Waals surface area contributed by atoms with Crippen molar-refractivity contribution in [3.8, 4) is 0 Å². The first kappa shape index (κ1) is 15.1. The Morgan fingerprint density at radius 1 is 1.14 bits per heavy atom. The predicted molar refractivity (Wildman–Crippen MR) is 82.1 cm³/mol. The van der Waals surface area contributed by atoms with E-state index >= 15 is 0 Å². The third kappa shape index (κ3) is 3.82. The zero-order valence-corrected chi connectivity index (χ0v) is 12.5. The van der Waals surface area contributed by atoms with Gasteiger partial charge < -0.3 is 0 Å². The minimum Gasteiger partial charge on any atom is -0.267 e. The number of aromatic nitrogens is 1. The highest BCUT2D eigenvalue weighted by Crippen LogP contribution is 2.18. The highest BCUT2D eigenvalue weighted by molar-refractivity contribution is 7.98. The fourth-order valence-electron chi connectivity index (χ4n) is 1.72. The number of thioether (sulfide) groups is 1. The first-order valence-electron chi connectivity index (χ1n) is 6.27. The molecule has 2 amide bonds. The minimum atomic E-state index is -0.407. The number of hydrazine groups is 1. The monoisotopic (exact) mass is 301 g/mol. The van der Waals surface area contributed by atoms with Gasteiger partial charge in [-0.25, -0.2) is 0 Å². The number of aryl methyl sites for hydroxylation is 1. The summed E-state index contributed by atoms with van der Waals surface area (Å²) in [5.41, 5.74) is 6.56. The first-order chi connectivity index (χ1) is 10.1. The second-order valence-electron chi connectivity index (χ2n) is 4.33. The van der Waals surface area contributed by atoms with E-state index in [1.807, 2.05) is 25.3 Å². The number of carbonyl (C=O) groups is 2. The van der Waals surface area contributed by atoms with Gasteiger partial charge in [-0.3, -0.25) is 25.4 Å². The Kier molecular flexibility index (Phi) is 4.94. The Balaban J connectivity index is 2.04. The number of benzene rings is 1.